The second-order valence-corrected chi connectivity index (χ2v) is 13.0. The maximum absolute atomic E-state index is 11.5. The van der Waals surface area contributed by atoms with Crippen molar-refractivity contribution in [3.8, 4) is 0 Å². The van der Waals surface area contributed by atoms with Crippen molar-refractivity contribution < 1.29 is 9.53 Å². The fraction of sp³-hybridized carbons (Fsp3) is 0.897. The van der Waals surface area contributed by atoms with Crippen LogP contribution in [0.1, 0.15) is 105 Å². The van der Waals surface area contributed by atoms with Crippen LogP contribution in [0.25, 0.3) is 0 Å². The molecule has 3 N–H and O–H groups in total. The highest BCUT2D eigenvalue weighted by Gasteiger charge is 2.59. The second-order valence-electron chi connectivity index (χ2n) is 13.0. The van der Waals surface area contributed by atoms with Crippen LogP contribution in [0.5, 0.6) is 0 Å². The SMILES string of the molecule is CC(C)CCC[C@@H](C)[C@H]1CC[C@H]2[C@@H]3CC=C4C[C@@H](OCC(=O)NN)CC[C@]4(C)[C@H]3CC[C@]12C. The van der Waals surface area contributed by atoms with Crippen molar-refractivity contribution in [2.24, 2.45) is 52.2 Å². The molecule has 0 unspecified atom stereocenters. The van der Waals surface area contributed by atoms with E-state index in [1.54, 1.807) is 5.57 Å². The monoisotopic (exact) mass is 458 g/mol. The van der Waals surface area contributed by atoms with Crippen LogP contribution in [0.2, 0.25) is 0 Å². The molecule has 0 radical (unpaired) electrons. The van der Waals surface area contributed by atoms with E-state index in [-0.39, 0.29) is 18.6 Å². The summed E-state index contributed by atoms with van der Waals surface area (Å²) in [7, 11) is 0. The zero-order valence-electron chi connectivity index (χ0n) is 22.0. The molecular weight excluding hydrogens is 408 g/mol. The largest absolute Gasteiger partial charge is 0.368 e. The van der Waals surface area contributed by atoms with Gasteiger partial charge in [-0.1, -0.05) is 65.5 Å². The molecule has 3 saturated carbocycles. The normalized spacial score (nSPS) is 41.1. The zero-order valence-corrected chi connectivity index (χ0v) is 22.0. The molecule has 4 aliphatic rings. The van der Waals surface area contributed by atoms with Gasteiger partial charge in [-0.3, -0.25) is 10.2 Å². The number of amides is 1. The molecule has 4 rings (SSSR count). The molecule has 0 heterocycles. The lowest BCUT2D eigenvalue weighted by Gasteiger charge is -2.58. The summed E-state index contributed by atoms with van der Waals surface area (Å²) in [6.07, 6.45) is 17.2. The first-order valence-corrected chi connectivity index (χ1v) is 14.0. The smallest absolute Gasteiger partial charge is 0.259 e. The summed E-state index contributed by atoms with van der Waals surface area (Å²) < 4.78 is 5.91. The summed E-state index contributed by atoms with van der Waals surface area (Å²) in [5.74, 6) is 10.2. The average molecular weight is 459 g/mol. The molecular formula is C29H50N2O2. The summed E-state index contributed by atoms with van der Waals surface area (Å²) in [5.41, 5.74) is 4.68. The van der Waals surface area contributed by atoms with Crippen LogP contribution in [-0.4, -0.2) is 18.6 Å². The van der Waals surface area contributed by atoms with Gasteiger partial charge in [-0.15, -0.1) is 0 Å². The van der Waals surface area contributed by atoms with Gasteiger partial charge in [-0.25, -0.2) is 5.84 Å². The van der Waals surface area contributed by atoms with Crippen molar-refractivity contribution in [2.75, 3.05) is 6.61 Å². The van der Waals surface area contributed by atoms with Crippen LogP contribution >= 0.6 is 0 Å². The van der Waals surface area contributed by atoms with Crippen LogP contribution in [0.4, 0.5) is 0 Å². The molecule has 3 fully saturated rings. The number of allylic oxidation sites excluding steroid dienone is 1. The fourth-order valence-corrected chi connectivity index (χ4v) is 9.03. The molecule has 0 saturated heterocycles. The average Bonchev–Trinajstić information content (AvgIpc) is 3.14. The summed E-state index contributed by atoms with van der Waals surface area (Å²) in [5, 5.41) is 0. The van der Waals surface area contributed by atoms with E-state index >= 15 is 0 Å². The van der Waals surface area contributed by atoms with Gasteiger partial charge in [0.2, 0.25) is 0 Å². The van der Waals surface area contributed by atoms with Gasteiger partial charge in [0.1, 0.15) is 6.61 Å². The third kappa shape index (κ3) is 4.81. The van der Waals surface area contributed by atoms with E-state index in [1.165, 1.54) is 57.8 Å². The standard InChI is InChI=1S/C29H50N2O2/c1-19(2)7-6-8-20(3)24-11-12-25-23-10-9-21-17-22(33-18-27(32)31-30)13-15-28(21,4)26(23)14-16-29(24,25)5/h9,19-20,22-26H,6-8,10-18,30H2,1-5H3,(H,31,32)/t20-,22+,23+,24-,25+,26+,28+,29-/m1/s1. The Balaban J connectivity index is 1.42. The van der Waals surface area contributed by atoms with E-state index in [1.807, 2.05) is 0 Å². The summed E-state index contributed by atoms with van der Waals surface area (Å²) in [4.78, 5) is 11.5. The van der Waals surface area contributed by atoms with Crippen LogP contribution < -0.4 is 11.3 Å². The van der Waals surface area contributed by atoms with E-state index in [2.05, 4.69) is 46.1 Å². The number of ether oxygens (including phenoxy) is 1. The van der Waals surface area contributed by atoms with Gasteiger partial charge >= 0.3 is 0 Å². The number of hydrazine groups is 1. The van der Waals surface area contributed by atoms with Gasteiger partial charge in [0, 0.05) is 0 Å². The number of nitrogens with two attached hydrogens (primary N) is 1. The van der Waals surface area contributed by atoms with Crippen LogP contribution in [0.15, 0.2) is 11.6 Å². The summed E-state index contributed by atoms with van der Waals surface area (Å²) in [6, 6.07) is 0. The van der Waals surface area contributed by atoms with Gasteiger partial charge in [0.05, 0.1) is 6.10 Å². The van der Waals surface area contributed by atoms with Crippen molar-refractivity contribution in [1.82, 2.24) is 5.43 Å². The third-order valence-corrected chi connectivity index (χ3v) is 10.9. The Morgan fingerprint density at radius 2 is 1.91 bits per heavy atom. The highest BCUT2D eigenvalue weighted by Crippen LogP contribution is 2.67. The molecule has 4 nitrogen and oxygen atoms in total. The molecule has 0 aliphatic heterocycles. The van der Waals surface area contributed by atoms with Crippen LogP contribution in [0.3, 0.4) is 0 Å². The number of carbonyl (C=O) groups excluding carboxylic acids is 1. The predicted molar refractivity (Wildman–Crippen MR) is 135 cm³/mol. The molecule has 4 heteroatoms. The van der Waals surface area contributed by atoms with Crippen molar-refractivity contribution in [1.29, 1.82) is 0 Å². The minimum absolute atomic E-state index is 0.0778. The van der Waals surface area contributed by atoms with E-state index in [9.17, 15) is 4.79 Å². The first-order valence-electron chi connectivity index (χ1n) is 14.0. The number of hydrogen-bond donors (Lipinski definition) is 2. The van der Waals surface area contributed by atoms with Crippen LogP contribution in [-0.2, 0) is 9.53 Å². The lowest BCUT2D eigenvalue weighted by atomic mass is 9.47. The number of rotatable bonds is 8. The minimum atomic E-state index is -0.234. The summed E-state index contributed by atoms with van der Waals surface area (Å²) >= 11 is 0. The molecule has 4 aliphatic carbocycles. The van der Waals surface area contributed by atoms with Gasteiger partial charge in [0.15, 0.2) is 0 Å². The number of hydrogen-bond acceptors (Lipinski definition) is 3. The molecule has 0 aromatic rings. The first-order chi connectivity index (χ1) is 15.7. The molecule has 188 valence electrons. The molecule has 1 amide bonds. The van der Waals surface area contributed by atoms with Crippen molar-refractivity contribution in [2.45, 2.75) is 111 Å². The molecule has 0 aromatic heterocycles. The van der Waals surface area contributed by atoms with Gasteiger partial charge < -0.3 is 4.74 Å². The highest BCUT2D eigenvalue weighted by molar-refractivity contribution is 5.76. The Bertz CT molecular complexity index is 733. The Morgan fingerprint density at radius 3 is 2.64 bits per heavy atom. The van der Waals surface area contributed by atoms with Gasteiger partial charge in [0.25, 0.3) is 5.91 Å². The predicted octanol–water partition coefficient (Wildman–Crippen LogP) is 6.40. The summed E-state index contributed by atoms with van der Waals surface area (Å²) in [6.45, 7) is 12.6. The molecule has 0 bridgehead atoms. The van der Waals surface area contributed by atoms with Gasteiger partial charge in [-0.2, -0.15) is 0 Å². The Kier molecular flexibility index (Phi) is 7.65. The lowest BCUT2D eigenvalue weighted by Crippen LogP contribution is -2.51. The van der Waals surface area contributed by atoms with Crippen molar-refractivity contribution >= 4 is 5.91 Å². The number of carbonyl (C=O) groups is 1. The first kappa shape index (κ1) is 25.2. The van der Waals surface area contributed by atoms with Crippen molar-refractivity contribution in [3.05, 3.63) is 11.6 Å². The third-order valence-electron chi connectivity index (χ3n) is 10.9. The van der Waals surface area contributed by atoms with Crippen molar-refractivity contribution in [3.63, 3.8) is 0 Å². The fourth-order valence-electron chi connectivity index (χ4n) is 9.03. The molecule has 0 spiro atoms. The van der Waals surface area contributed by atoms with E-state index < -0.39 is 0 Å². The second kappa shape index (κ2) is 10.0. The van der Waals surface area contributed by atoms with Crippen LogP contribution in [0, 0.1) is 46.3 Å². The number of nitrogens with one attached hydrogen (secondary N) is 1. The Morgan fingerprint density at radius 1 is 1.12 bits per heavy atom. The zero-order chi connectivity index (χ0) is 23.8. The molecule has 33 heavy (non-hydrogen) atoms. The molecule has 8 atom stereocenters. The minimum Gasteiger partial charge on any atom is -0.368 e. The highest BCUT2D eigenvalue weighted by atomic mass is 16.5. The Hall–Kier alpha value is -0.870. The van der Waals surface area contributed by atoms with E-state index in [0.29, 0.717) is 10.8 Å². The quantitative estimate of drug-likeness (QED) is 0.191. The van der Waals surface area contributed by atoms with E-state index in [4.69, 9.17) is 10.6 Å². The van der Waals surface area contributed by atoms with E-state index in [0.717, 1.165) is 48.3 Å². The topological polar surface area (TPSA) is 64.3 Å². The van der Waals surface area contributed by atoms with Gasteiger partial charge in [-0.05, 0) is 97.7 Å². The maximum Gasteiger partial charge on any atom is 0.259 e. The number of fused-ring (bicyclic) bond motifs is 5. The maximum atomic E-state index is 11.5. The molecule has 0 aromatic carbocycles. The Labute approximate surface area is 202 Å². The lowest BCUT2D eigenvalue weighted by molar-refractivity contribution is -0.129.